The number of amides is 1. The van der Waals surface area contributed by atoms with Crippen molar-refractivity contribution in [2.75, 3.05) is 7.11 Å². The molecule has 0 fully saturated rings. The van der Waals surface area contributed by atoms with Crippen molar-refractivity contribution in [3.05, 3.63) is 29.8 Å². The Labute approximate surface area is 143 Å². The van der Waals surface area contributed by atoms with E-state index in [4.69, 9.17) is 14.2 Å². The quantitative estimate of drug-likeness (QED) is 0.808. The summed E-state index contributed by atoms with van der Waals surface area (Å²) in [5.41, 5.74) is 0.231. The maximum Gasteiger partial charge on any atom is 0.408 e. The van der Waals surface area contributed by atoms with Crippen LogP contribution in [0.2, 0.25) is 0 Å². The van der Waals surface area contributed by atoms with Gasteiger partial charge in [0.1, 0.15) is 17.4 Å². The molecule has 24 heavy (non-hydrogen) atoms. The number of esters is 1. The first-order valence-corrected chi connectivity index (χ1v) is 7.93. The average Bonchev–Trinajstić information content (AvgIpc) is 2.44. The zero-order chi connectivity index (χ0) is 18.3. The van der Waals surface area contributed by atoms with E-state index in [1.807, 2.05) is 12.1 Å². The van der Waals surface area contributed by atoms with Crippen molar-refractivity contribution in [3.63, 3.8) is 0 Å². The molecule has 1 aromatic carbocycles. The third kappa shape index (κ3) is 7.35. The van der Waals surface area contributed by atoms with Gasteiger partial charge in [0.25, 0.3) is 0 Å². The van der Waals surface area contributed by atoms with Crippen molar-refractivity contribution in [1.82, 2.24) is 5.32 Å². The van der Waals surface area contributed by atoms with Crippen LogP contribution < -0.4 is 10.1 Å². The Bertz CT molecular complexity index is 546. The van der Waals surface area contributed by atoms with Crippen molar-refractivity contribution in [2.24, 2.45) is 0 Å². The fraction of sp³-hybridized carbons (Fsp3) is 0.556. The van der Waals surface area contributed by atoms with Crippen LogP contribution in [0.4, 0.5) is 4.79 Å². The van der Waals surface area contributed by atoms with Gasteiger partial charge < -0.3 is 19.5 Å². The van der Waals surface area contributed by atoms with E-state index in [1.54, 1.807) is 53.9 Å². The Kier molecular flexibility index (Phi) is 7.07. The highest BCUT2D eigenvalue weighted by Gasteiger charge is 2.26. The number of nitrogens with one attached hydrogen (secondary N) is 1. The number of carbonyl (C=O) groups excluding carboxylic acids is 2. The predicted molar refractivity (Wildman–Crippen MR) is 91.1 cm³/mol. The Balaban J connectivity index is 2.83. The van der Waals surface area contributed by atoms with Gasteiger partial charge in [-0.25, -0.2) is 9.59 Å². The molecule has 1 N–H and O–H groups in total. The van der Waals surface area contributed by atoms with E-state index in [-0.39, 0.29) is 6.10 Å². The molecule has 0 aliphatic rings. The van der Waals surface area contributed by atoms with Crippen LogP contribution in [0.5, 0.6) is 5.75 Å². The molecule has 0 heterocycles. The summed E-state index contributed by atoms with van der Waals surface area (Å²) in [4.78, 5) is 24.3. The lowest BCUT2D eigenvalue weighted by atomic mass is 10.1. The summed E-state index contributed by atoms with van der Waals surface area (Å²) in [5, 5.41) is 2.59. The van der Waals surface area contributed by atoms with Crippen LogP contribution in [0.15, 0.2) is 24.3 Å². The normalized spacial score (nSPS) is 12.5. The van der Waals surface area contributed by atoms with E-state index in [2.05, 4.69) is 5.32 Å². The Morgan fingerprint density at radius 2 is 1.71 bits per heavy atom. The second-order valence-electron chi connectivity index (χ2n) is 6.74. The topological polar surface area (TPSA) is 73.9 Å². The van der Waals surface area contributed by atoms with Crippen LogP contribution in [-0.4, -0.2) is 36.9 Å². The molecule has 0 aliphatic carbocycles. The molecule has 1 aromatic rings. The zero-order valence-corrected chi connectivity index (χ0v) is 15.2. The van der Waals surface area contributed by atoms with E-state index in [9.17, 15) is 9.59 Å². The van der Waals surface area contributed by atoms with Gasteiger partial charge in [-0.3, -0.25) is 0 Å². The molecular weight excluding hydrogens is 310 g/mol. The average molecular weight is 337 g/mol. The van der Waals surface area contributed by atoms with Crippen LogP contribution in [0.25, 0.3) is 0 Å². The number of alkyl carbamates (subject to hydrolysis) is 1. The van der Waals surface area contributed by atoms with Gasteiger partial charge >= 0.3 is 12.1 Å². The minimum absolute atomic E-state index is 0.267. The summed E-state index contributed by atoms with van der Waals surface area (Å²) >= 11 is 0. The number of benzene rings is 1. The highest BCUT2D eigenvalue weighted by molar-refractivity contribution is 5.81. The highest BCUT2D eigenvalue weighted by Crippen LogP contribution is 2.14. The molecule has 6 nitrogen and oxygen atoms in total. The van der Waals surface area contributed by atoms with Crippen LogP contribution in [0.3, 0.4) is 0 Å². The van der Waals surface area contributed by atoms with Gasteiger partial charge in [-0.15, -0.1) is 0 Å². The highest BCUT2D eigenvalue weighted by atomic mass is 16.6. The maximum absolute atomic E-state index is 12.3. The Morgan fingerprint density at radius 1 is 1.12 bits per heavy atom. The predicted octanol–water partition coefficient (Wildman–Crippen LogP) is 3.08. The van der Waals surface area contributed by atoms with Crippen LogP contribution in [0, 0.1) is 0 Å². The largest absolute Gasteiger partial charge is 0.497 e. The van der Waals surface area contributed by atoms with Gasteiger partial charge in [-0.2, -0.15) is 0 Å². The summed E-state index contributed by atoms with van der Waals surface area (Å²) in [7, 11) is 1.59. The molecule has 0 aliphatic heterocycles. The third-order valence-electron chi connectivity index (χ3n) is 2.93. The third-order valence-corrected chi connectivity index (χ3v) is 2.93. The lowest BCUT2D eigenvalue weighted by Gasteiger charge is -2.23. The minimum Gasteiger partial charge on any atom is -0.497 e. The van der Waals surface area contributed by atoms with Crippen LogP contribution in [-0.2, 0) is 20.7 Å². The number of rotatable bonds is 6. The van der Waals surface area contributed by atoms with Crippen LogP contribution >= 0.6 is 0 Å². The second kappa shape index (κ2) is 8.57. The standard InChI is InChI=1S/C18H27NO5/c1-12(2)23-16(20)15(19-17(21)24-18(3,4)5)11-13-7-9-14(22-6)10-8-13/h7-10,12,15H,11H2,1-6H3,(H,19,21)/t15-/m1/s1. The summed E-state index contributed by atoms with van der Waals surface area (Å²) in [6, 6.07) is 6.45. The molecule has 1 atom stereocenters. The monoisotopic (exact) mass is 337 g/mol. The van der Waals surface area contributed by atoms with Crippen molar-refractivity contribution < 1.29 is 23.8 Å². The van der Waals surface area contributed by atoms with Crippen LogP contribution in [0.1, 0.15) is 40.2 Å². The first-order chi connectivity index (χ1) is 11.1. The number of ether oxygens (including phenoxy) is 3. The van der Waals surface area contributed by atoms with Gasteiger partial charge in [0.2, 0.25) is 0 Å². The van der Waals surface area contributed by atoms with Gasteiger partial charge in [0.05, 0.1) is 13.2 Å². The number of hydrogen-bond donors (Lipinski definition) is 1. The molecule has 0 spiro atoms. The van der Waals surface area contributed by atoms with E-state index in [0.717, 1.165) is 11.3 Å². The fourth-order valence-corrected chi connectivity index (χ4v) is 1.95. The van der Waals surface area contributed by atoms with E-state index < -0.39 is 23.7 Å². The number of hydrogen-bond acceptors (Lipinski definition) is 5. The number of carbonyl (C=O) groups is 2. The fourth-order valence-electron chi connectivity index (χ4n) is 1.95. The lowest BCUT2D eigenvalue weighted by molar-refractivity contribution is -0.149. The summed E-state index contributed by atoms with van der Waals surface area (Å²) in [5.74, 6) is 0.229. The molecule has 1 amide bonds. The SMILES string of the molecule is COc1ccc(C[C@@H](NC(=O)OC(C)(C)C)C(=O)OC(C)C)cc1. The Hall–Kier alpha value is -2.24. The Morgan fingerprint density at radius 3 is 2.17 bits per heavy atom. The van der Waals surface area contributed by atoms with Crippen molar-refractivity contribution in [1.29, 1.82) is 0 Å². The van der Waals surface area contributed by atoms with E-state index in [0.29, 0.717) is 6.42 Å². The maximum atomic E-state index is 12.3. The zero-order valence-electron chi connectivity index (χ0n) is 15.2. The molecule has 0 bridgehead atoms. The van der Waals surface area contributed by atoms with E-state index >= 15 is 0 Å². The molecule has 0 unspecified atom stereocenters. The second-order valence-corrected chi connectivity index (χ2v) is 6.74. The van der Waals surface area contributed by atoms with Crippen molar-refractivity contribution >= 4 is 12.1 Å². The summed E-state index contributed by atoms with van der Waals surface area (Å²) in [6.45, 7) is 8.80. The molecular formula is C18H27NO5. The molecule has 134 valence electrons. The number of methoxy groups -OCH3 is 1. The van der Waals surface area contributed by atoms with E-state index in [1.165, 1.54) is 0 Å². The first kappa shape index (κ1) is 19.8. The molecule has 6 heteroatoms. The smallest absolute Gasteiger partial charge is 0.408 e. The molecule has 1 rings (SSSR count). The molecule has 0 aromatic heterocycles. The van der Waals surface area contributed by atoms with Crippen molar-refractivity contribution in [3.8, 4) is 5.75 Å². The minimum atomic E-state index is -0.823. The molecule has 0 saturated heterocycles. The van der Waals surface area contributed by atoms with Gasteiger partial charge in [0, 0.05) is 6.42 Å². The first-order valence-electron chi connectivity index (χ1n) is 7.93. The van der Waals surface area contributed by atoms with Crippen molar-refractivity contribution in [2.45, 2.75) is 58.8 Å². The van der Waals surface area contributed by atoms with Gasteiger partial charge in [-0.05, 0) is 52.3 Å². The summed E-state index contributed by atoms with van der Waals surface area (Å²) in [6.07, 6.45) is -0.618. The molecule has 0 saturated carbocycles. The van der Waals surface area contributed by atoms with Gasteiger partial charge in [0.15, 0.2) is 0 Å². The van der Waals surface area contributed by atoms with Gasteiger partial charge in [-0.1, -0.05) is 12.1 Å². The molecule has 0 radical (unpaired) electrons. The summed E-state index contributed by atoms with van der Waals surface area (Å²) < 4.78 is 15.6. The lowest BCUT2D eigenvalue weighted by Crippen LogP contribution is -2.46.